The first kappa shape index (κ1) is 21.3. The maximum Gasteiger partial charge on any atom is 0.133 e. The standard InChI is InChI=1S/C24H30N6O/c1-18-5-3-10-25-24(18)29-21-7-8-22(26-15-21)20-6-4-11-30(17-20)16-19-13-27-23(28-14-19)9-12-31-2/h3,5,7-8,10,13-15,20H,4,6,9,11-12,16-17H2,1-2H3,(H,25,29)/t20-/m1/s1. The molecule has 3 aromatic heterocycles. The third-order valence-electron chi connectivity index (χ3n) is 5.68. The van der Waals surface area contributed by atoms with Crippen LogP contribution >= 0.6 is 0 Å². The number of hydrogen-bond donors (Lipinski definition) is 1. The van der Waals surface area contributed by atoms with Crippen molar-refractivity contribution in [1.82, 2.24) is 24.8 Å². The number of rotatable bonds is 8. The van der Waals surface area contributed by atoms with Crippen LogP contribution in [0.2, 0.25) is 0 Å². The van der Waals surface area contributed by atoms with E-state index in [1.54, 1.807) is 13.3 Å². The molecule has 1 N–H and O–H groups in total. The minimum atomic E-state index is 0.446. The van der Waals surface area contributed by atoms with Gasteiger partial charge in [0.1, 0.15) is 11.6 Å². The van der Waals surface area contributed by atoms with E-state index in [2.05, 4.69) is 37.3 Å². The molecule has 0 spiro atoms. The first-order chi connectivity index (χ1) is 15.2. The molecule has 0 bridgehead atoms. The Morgan fingerprint density at radius 1 is 1.10 bits per heavy atom. The molecule has 162 valence electrons. The van der Waals surface area contributed by atoms with Gasteiger partial charge in [0, 0.05) is 62.4 Å². The van der Waals surface area contributed by atoms with Crippen LogP contribution in [-0.4, -0.2) is 51.6 Å². The number of nitrogens with one attached hydrogen (secondary N) is 1. The Balaban J connectivity index is 1.34. The number of nitrogens with zero attached hydrogens (tertiary/aromatic N) is 5. The van der Waals surface area contributed by atoms with E-state index in [9.17, 15) is 0 Å². The van der Waals surface area contributed by atoms with Gasteiger partial charge in [0.2, 0.25) is 0 Å². The fourth-order valence-corrected chi connectivity index (χ4v) is 3.96. The minimum absolute atomic E-state index is 0.446. The molecule has 4 heterocycles. The first-order valence-electron chi connectivity index (χ1n) is 10.9. The Hall–Kier alpha value is -2.90. The summed E-state index contributed by atoms with van der Waals surface area (Å²) in [7, 11) is 1.70. The van der Waals surface area contributed by atoms with Gasteiger partial charge < -0.3 is 10.1 Å². The molecule has 1 aliphatic rings. The molecule has 1 saturated heterocycles. The molecule has 31 heavy (non-hydrogen) atoms. The van der Waals surface area contributed by atoms with Gasteiger partial charge in [0.25, 0.3) is 0 Å². The van der Waals surface area contributed by atoms with Gasteiger partial charge in [-0.1, -0.05) is 6.07 Å². The molecule has 1 aliphatic heterocycles. The predicted molar refractivity (Wildman–Crippen MR) is 121 cm³/mol. The van der Waals surface area contributed by atoms with Crippen LogP contribution < -0.4 is 5.32 Å². The van der Waals surface area contributed by atoms with E-state index in [0.717, 1.165) is 60.2 Å². The maximum absolute atomic E-state index is 5.09. The number of methoxy groups -OCH3 is 1. The molecule has 1 atom stereocenters. The number of aryl methyl sites for hydroxylation is 1. The zero-order chi connectivity index (χ0) is 21.5. The second-order valence-corrected chi connectivity index (χ2v) is 8.09. The summed E-state index contributed by atoms with van der Waals surface area (Å²) >= 11 is 0. The Kier molecular flexibility index (Phi) is 7.17. The van der Waals surface area contributed by atoms with Crippen molar-refractivity contribution in [1.29, 1.82) is 0 Å². The molecule has 1 fully saturated rings. The topological polar surface area (TPSA) is 76.1 Å². The fraction of sp³-hybridized carbons (Fsp3) is 0.417. The average Bonchev–Trinajstić information content (AvgIpc) is 2.81. The summed E-state index contributed by atoms with van der Waals surface area (Å²) in [6.07, 6.45) is 10.7. The molecule has 7 nitrogen and oxygen atoms in total. The number of anilines is 2. The number of likely N-dealkylation sites (tertiary alicyclic amines) is 1. The molecular formula is C24H30N6O. The summed E-state index contributed by atoms with van der Waals surface area (Å²) < 4.78 is 5.09. The molecule has 3 aromatic rings. The third-order valence-corrected chi connectivity index (χ3v) is 5.68. The van der Waals surface area contributed by atoms with E-state index in [4.69, 9.17) is 9.72 Å². The monoisotopic (exact) mass is 418 g/mol. The van der Waals surface area contributed by atoms with Crippen LogP contribution in [-0.2, 0) is 17.7 Å². The lowest BCUT2D eigenvalue weighted by Crippen LogP contribution is -2.34. The van der Waals surface area contributed by atoms with E-state index in [1.807, 2.05) is 37.6 Å². The van der Waals surface area contributed by atoms with Crippen molar-refractivity contribution in [3.05, 3.63) is 71.7 Å². The Morgan fingerprint density at radius 3 is 2.71 bits per heavy atom. The summed E-state index contributed by atoms with van der Waals surface area (Å²) in [5.41, 5.74) is 4.38. The summed E-state index contributed by atoms with van der Waals surface area (Å²) in [6, 6.07) is 8.23. The molecule has 0 radical (unpaired) electrons. The van der Waals surface area contributed by atoms with Gasteiger partial charge in [0.15, 0.2) is 0 Å². The Labute approximate surface area is 183 Å². The number of piperidine rings is 1. The van der Waals surface area contributed by atoms with Crippen molar-refractivity contribution in [2.45, 2.75) is 38.6 Å². The van der Waals surface area contributed by atoms with Gasteiger partial charge in [-0.25, -0.2) is 15.0 Å². The lowest BCUT2D eigenvalue weighted by atomic mass is 9.94. The molecule has 0 aliphatic carbocycles. The highest BCUT2D eigenvalue weighted by Crippen LogP contribution is 2.27. The van der Waals surface area contributed by atoms with Crippen LogP contribution in [0.1, 0.15) is 41.4 Å². The molecule has 0 unspecified atom stereocenters. The number of pyridine rings is 2. The molecule has 4 rings (SSSR count). The zero-order valence-electron chi connectivity index (χ0n) is 18.3. The van der Waals surface area contributed by atoms with Crippen LogP contribution in [0.15, 0.2) is 49.1 Å². The summed E-state index contributed by atoms with van der Waals surface area (Å²) in [5.74, 6) is 2.15. The van der Waals surface area contributed by atoms with Crippen molar-refractivity contribution >= 4 is 11.5 Å². The van der Waals surface area contributed by atoms with Crippen LogP contribution in [0.5, 0.6) is 0 Å². The minimum Gasteiger partial charge on any atom is -0.384 e. The van der Waals surface area contributed by atoms with Gasteiger partial charge >= 0.3 is 0 Å². The van der Waals surface area contributed by atoms with E-state index < -0.39 is 0 Å². The molecule has 7 heteroatoms. The maximum atomic E-state index is 5.09. The highest BCUT2D eigenvalue weighted by molar-refractivity contribution is 5.57. The molecule has 0 saturated carbocycles. The molecule has 0 amide bonds. The second-order valence-electron chi connectivity index (χ2n) is 8.09. The number of hydrogen-bond acceptors (Lipinski definition) is 7. The van der Waals surface area contributed by atoms with Gasteiger partial charge in [0.05, 0.1) is 18.5 Å². The Morgan fingerprint density at radius 2 is 1.97 bits per heavy atom. The van der Waals surface area contributed by atoms with Crippen LogP contribution in [0.3, 0.4) is 0 Å². The lowest BCUT2D eigenvalue weighted by Gasteiger charge is -2.32. The van der Waals surface area contributed by atoms with Crippen molar-refractivity contribution < 1.29 is 4.74 Å². The predicted octanol–water partition coefficient (Wildman–Crippen LogP) is 3.89. The highest BCUT2D eigenvalue weighted by atomic mass is 16.5. The van der Waals surface area contributed by atoms with Gasteiger partial charge in [-0.3, -0.25) is 9.88 Å². The largest absolute Gasteiger partial charge is 0.384 e. The van der Waals surface area contributed by atoms with Crippen molar-refractivity contribution in [3.8, 4) is 0 Å². The quantitative estimate of drug-likeness (QED) is 0.595. The Bertz CT molecular complexity index is 961. The van der Waals surface area contributed by atoms with E-state index in [-0.39, 0.29) is 0 Å². The van der Waals surface area contributed by atoms with E-state index in [1.165, 1.54) is 12.8 Å². The highest BCUT2D eigenvalue weighted by Gasteiger charge is 2.22. The third kappa shape index (κ3) is 5.83. The average molecular weight is 419 g/mol. The van der Waals surface area contributed by atoms with Crippen molar-refractivity contribution in [2.75, 3.05) is 32.1 Å². The van der Waals surface area contributed by atoms with Crippen molar-refractivity contribution in [3.63, 3.8) is 0 Å². The lowest BCUT2D eigenvalue weighted by molar-refractivity contribution is 0.197. The second kappa shape index (κ2) is 10.4. The van der Waals surface area contributed by atoms with Gasteiger partial charge in [-0.05, 0) is 50.1 Å². The fourth-order valence-electron chi connectivity index (χ4n) is 3.96. The van der Waals surface area contributed by atoms with Gasteiger partial charge in [-0.2, -0.15) is 0 Å². The number of ether oxygens (including phenoxy) is 1. The van der Waals surface area contributed by atoms with Crippen LogP contribution in [0.4, 0.5) is 11.5 Å². The smallest absolute Gasteiger partial charge is 0.133 e. The van der Waals surface area contributed by atoms with Crippen LogP contribution in [0.25, 0.3) is 0 Å². The summed E-state index contributed by atoms with van der Waals surface area (Å²) in [4.78, 5) is 20.6. The molecule has 0 aromatic carbocycles. The summed E-state index contributed by atoms with van der Waals surface area (Å²) in [6.45, 7) is 5.67. The zero-order valence-corrected chi connectivity index (χ0v) is 18.3. The molecular weight excluding hydrogens is 388 g/mol. The number of aromatic nitrogens is 4. The van der Waals surface area contributed by atoms with E-state index >= 15 is 0 Å². The normalized spacial score (nSPS) is 16.9. The van der Waals surface area contributed by atoms with Crippen LogP contribution in [0, 0.1) is 6.92 Å². The van der Waals surface area contributed by atoms with E-state index in [0.29, 0.717) is 12.5 Å². The van der Waals surface area contributed by atoms with Gasteiger partial charge in [-0.15, -0.1) is 0 Å². The first-order valence-corrected chi connectivity index (χ1v) is 10.9. The SMILES string of the molecule is COCCc1ncc(CN2CCC[C@@H](c3ccc(Nc4ncccc4C)cn3)C2)cn1. The van der Waals surface area contributed by atoms with Crippen molar-refractivity contribution in [2.24, 2.45) is 0 Å². The summed E-state index contributed by atoms with van der Waals surface area (Å²) in [5, 5.41) is 3.36.